The van der Waals surface area contributed by atoms with Crippen molar-refractivity contribution in [1.29, 1.82) is 0 Å². The van der Waals surface area contributed by atoms with Gasteiger partial charge in [-0.05, 0) is 25.2 Å². The van der Waals surface area contributed by atoms with E-state index in [-0.39, 0.29) is 12.1 Å². The van der Waals surface area contributed by atoms with Gasteiger partial charge in [-0.15, -0.1) is 6.58 Å². The lowest BCUT2D eigenvalue weighted by Gasteiger charge is -2.18. The molecule has 1 aliphatic heterocycles. The molecule has 0 bridgehead atoms. The highest BCUT2D eigenvalue weighted by atomic mass is 16.6. The van der Waals surface area contributed by atoms with Crippen molar-refractivity contribution in [2.75, 3.05) is 13.2 Å². The lowest BCUT2D eigenvalue weighted by Crippen LogP contribution is -2.27. The average Bonchev–Trinajstić information content (AvgIpc) is 2.58. The van der Waals surface area contributed by atoms with Gasteiger partial charge in [-0.3, -0.25) is 0 Å². The highest BCUT2D eigenvalue weighted by Gasteiger charge is 2.30. The smallest absolute Gasteiger partial charge is 0.109 e. The van der Waals surface area contributed by atoms with Crippen molar-refractivity contribution in [3.63, 3.8) is 0 Å². The maximum atomic E-state index is 9.63. The Morgan fingerprint density at radius 2 is 2.41 bits per heavy atom. The van der Waals surface area contributed by atoms with Gasteiger partial charge in [0.25, 0.3) is 0 Å². The highest BCUT2D eigenvalue weighted by molar-refractivity contribution is 6.11. The summed E-state index contributed by atoms with van der Waals surface area (Å²) in [5.74, 6) is 0.518. The Balaban J connectivity index is 2.19. The van der Waals surface area contributed by atoms with E-state index in [9.17, 15) is 5.11 Å². The summed E-state index contributed by atoms with van der Waals surface area (Å²) in [4.78, 5) is 0. The SMILES string of the molecule is [B]C1CC(O)C(COCC(CC=C)CCC)O1. The molecule has 1 rings (SSSR count). The Labute approximate surface area is 106 Å². The van der Waals surface area contributed by atoms with Gasteiger partial charge in [0.15, 0.2) is 0 Å². The third kappa shape index (κ3) is 5.24. The maximum absolute atomic E-state index is 9.63. The average molecular weight is 238 g/mol. The van der Waals surface area contributed by atoms with Crippen molar-refractivity contribution < 1.29 is 14.6 Å². The van der Waals surface area contributed by atoms with Crippen molar-refractivity contribution in [2.24, 2.45) is 5.92 Å². The van der Waals surface area contributed by atoms with Crippen LogP contribution >= 0.6 is 0 Å². The van der Waals surface area contributed by atoms with E-state index in [1.165, 1.54) is 0 Å². The molecule has 4 heteroatoms. The van der Waals surface area contributed by atoms with Crippen LogP contribution in [0.15, 0.2) is 12.7 Å². The molecule has 3 nitrogen and oxygen atoms in total. The van der Waals surface area contributed by atoms with Gasteiger partial charge in [0.1, 0.15) is 14.0 Å². The molecule has 0 spiro atoms. The van der Waals surface area contributed by atoms with E-state index in [0.717, 1.165) is 19.3 Å². The molecule has 1 saturated heterocycles. The molecule has 0 saturated carbocycles. The molecular formula is C13H23BO3. The molecular weight excluding hydrogens is 215 g/mol. The Morgan fingerprint density at radius 3 is 2.94 bits per heavy atom. The molecule has 4 atom stereocenters. The fourth-order valence-corrected chi connectivity index (χ4v) is 2.17. The molecule has 0 aromatic heterocycles. The molecule has 0 amide bonds. The lowest BCUT2D eigenvalue weighted by molar-refractivity contribution is -0.0378. The van der Waals surface area contributed by atoms with E-state index in [4.69, 9.17) is 17.3 Å². The Morgan fingerprint density at radius 1 is 1.65 bits per heavy atom. The molecule has 4 unspecified atom stereocenters. The minimum Gasteiger partial charge on any atom is -0.390 e. The number of hydrogen-bond donors (Lipinski definition) is 1. The molecule has 96 valence electrons. The molecule has 0 aromatic carbocycles. The maximum Gasteiger partial charge on any atom is 0.109 e. The first-order chi connectivity index (χ1) is 8.17. The molecule has 0 aliphatic carbocycles. The summed E-state index contributed by atoms with van der Waals surface area (Å²) in [6.45, 7) is 7.04. The van der Waals surface area contributed by atoms with Crippen LogP contribution in [-0.4, -0.2) is 44.4 Å². The summed E-state index contributed by atoms with van der Waals surface area (Å²) in [6, 6.07) is -0.349. The van der Waals surface area contributed by atoms with Crippen molar-refractivity contribution in [2.45, 2.75) is 50.8 Å². The molecule has 1 fully saturated rings. The first-order valence-electron chi connectivity index (χ1n) is 6.45. The summed E-state index contributed by atoms with van der Waals surface area (Å²) in [5, 5.41) is 9.63. The Bertz CT molecular complexity index is 223. The fraction of sp³-hybridized carbons (Fsp3) is 0.846. The van der Waals surface area contributed by atoms with Crippen LogP contribution in [0.4, 0.5) is 0 Å². The Kier molecular flexibility index (Phi) is 6.86. The fourth-order valence-electron chi connectivity index (χ4n) is 2.17. The predicted molar refractivity (Wildman–Crippen MR) is 69.1 cm³/mol. The summed E-state index contributed by atoms with van der Waals surface area (Å²) < 4.78 is 11.0. The normalized spacial score (nSPS) is 30.4. The van der Waals surface area contributed by atoms with Gasteiger partial charge in [-0.25, -0.2) is 0 Å². The van der Waals surface area contributed by atoms with Crippen LogP contribution in [0.5, 0.6) is 0 Å². The van der Waals surface area contributed by atoms with Crippen LogP contribution in [0.3, 0.4) is 0 Å². The van der Waals surface area contributed by atoms with E-state index >= 15 is 0 Å². The third-order valence-corrected chi connectivity index (χ3v) is 3.09. The van der Waals surface area contributed by atoms with Gasteiger partial charge in [-0.1, -0.05) is 19.4 Å². The van der Waals surface area contributed by atoms with Crippen molar-refractivity contribution in [1.82, 2.24) is 0 Å². The number of aliphatic hydroxyl groups excluding tert-OH is 1. The minimum atomic E-state index is -0.492. The highest BCUT2D eigenvalue weighted by Crippen LogP contribution is 2.19. The largest absolute Gasteiger partial charge is 0.390 e. The quantitative estimate of drug-likeness (QED) is 0.516. The van der Waals surface area contributed by atoms with E-state index in [0.29, 0.717) is 25.6 Å². The number of aliphatic hydroxyl groups is 1. The number of ether oxygens (including phenoxy) is 2. The molecule has 2 radical (unpaired) electrons. The van der Waals surface area contributed by atoms with Crippen LogP contribution in [0.25, 0.3) is 0 Å². The lowest BCUT2D eigenvalue weighted by atomic mass is 9.96. The number of rotatable bonds is 8. The summed E-state index contributed by atoms with van der Waals surface area (Å²) in [6.07, 6.45) is 4.93. The van der Waals surface area contributed by atoms with Crippen molar-refractivity contribution >= 4 is 7.85 Å². The summed E-state index contributed by atoms with van der Waals surface area (Å²) in [7, 11) is 5.59. The van der Waals surface area contributed by atoms with Crippen LogP contribution in [-0.2, 0) is 9.47 Å². The van der Waals surface area contributed by atoms with E-state index < -0.39 is 6.10 Å². The molecule has 17 heavy (non-hydrogen) atoms. The van der Waals surface area contributed by atoms with E-state index in [1.54, 1.807) is 0 Å². The van der Waals surface area contributed by atoms with Crippen molar-refractivity contribution in [3.05, 3.63) is 12.7 Å². The van der Waals surface area contributed by atoms with Gasteiger partial charge in [0.05, 0.1) is 12.7 Å². The Hall–Kier alpha value is -0.315. The zero-order valence-corrected chi connectivity index (χ0v) is 10.7. The first-order valence-corrected chi connectivity index (χ1v) is 6.45. The zero-order chi connectivity index (χ0) is 12.7. The van der Waals surface area contributed by atoms with Crippen LogP contribution in [0, 0.1) is 5.92 Å². The van der Waals surface area contributed by atoms with Gasteiger partial charge in [-0.2, -0.15) is 0 Å². The monoisotopic (exact) mass is 238 g/mol. The molecule has 0 aromatic rings. The second kappa shape index (κ2) is 7.91. The second-order valence-corrected chi connectivity index (χ2v) is 4.73. The third-order valence-electron chi connectivity index (χ3n) is 3.09. The number of hydrogen-bond acceptors (Lipinski definition) is 3. The van der Waals surface area contributed by atoms with E-state index in [2.05, 4.69) is 13.5 Å². The number of allylic oxidation sites excluding steroid dienone is 1. The van der Waals surface area contributed by atoms with E-state index in [1.807, 2.05) is 6.08 Å². The first kappa shape index (κ1) is 14.7. The minimum absolute atomic E-state index is 0.268. The van der Waals surface area contributed by atoms with Gasteiger partial charge in [0.2, 0.25) is 0 Å². The standard InChI is InChI=1S/C13H23BO3/c1-3-5-10(6-4-2)8-16-9-12-11(15)7-13(14)17-12/h3,10-13,15H,1,4-9H2,2H3. The van der Waals surface area contributed by atoms with Crippen LogP contribution in [0.1, 0.15) is 32.6 Å². The van der Waals surface area contributed by atoms with Gasteiger partial charge in [0, 0.05) is 12.6 Å². The van der Waals surface area contributed by atoms with Gasteiger partial charge >= 0.3 is 0 Å². The van der Waals surface area contributed by atoms with Crippen LogP contribution < -0.4 is 0 Å². The van der Waals surface area contributed by atoms with Crippen LogP contribution in [0.2, 0.25) is 0 Å². The molecule has 1 aliphatic rings. The van der Waals surface area contributed by atoms with Crippen molar-refractivity contribution in [3.8, 4) is 0 Å². The summed E-state index contributed by atoms with van der Waals surface area (Å²) >= 11 is 0. The second-order valence-electron chi connectivity index (χ2n) is 4.73. The topological polar surface area (TPSA) is 38.7 Å². The zero-order valence-electron chi connectivity index (χ0n) is 10.7. The molecule has 1 N–H and O–H groups in total. The molecule has 1 heterocycles. The van der Waals surface area contributed by atoms with Gasteiger partial charge < -0.3 is 14.6 Å². The summed E-state index contributed by atoms with van der Waals surface area (Å²) in [5.41, 5.74) is 0. The predicted octanol–water partition coefficient (Wildman–Crippen LogP) is 1.64.